The van der Waals surface area contributed by atoms with Crippen molar-refractivity contribution >= 4 is 107 Å². The lowest BCUT2D eigenvalue weighted by Gasteiger charge is -2.17. The highest BCUT2D eigenvalue weighted by Crippen LogP contribution is 2.34. The monoisotopic (exact) mass is 668 g/mol. The lowest BCUT2D eigenvalue weighted by molar-refractivity contribution is -0.120. The summed E-state index contributed by atoms with van der Waals surface area (Å²) in [6.07, 6.45) is 1.74. The summed E-state index contributed by atoms with van der Waals surface area (Å²) in [5.41, 5.74) is 0. The maximum absolute atomic E-state index is 11.6. The Morgan fingerprint density at radius 3 is 1.85 bits per heavy atom. The first-order valence-corrected chi connectivity index (χ1v) is 10.4. The molecule has 0 fully saturated rings. The van der Waals surface area contributed by atoms with Gasteiger partial charge < -0.3 is 10.6 Å². The molecule has 0 aliphatic carbocycles. The summed E-state index contributed by atoms with van der Waals surface area (Å²) in [5.74, 6) is -0.0335. The molecular formula is C10H14Br6N2O2. The predicted molar refractivity (Wildman–Crippen MR) is 103 cm³/mol. The SMILES string of the molecule is CC(CCCNC(=O)C(Br)(Br)Br)CNC(=O)C(Br)(Br)Br. The Morgan fingerprint density at radius 1 is 0.950 bits per heavy atom. The third-order valence-corrected chi connectivity index (χ3v) is 4.45. The molecule has 2 amide bonds. The van der Waals surface area contributed by atoms with Gasteiger partial charge in [0, 0.05) is 13.1 Å². The van der Waals surface area contributed by atoms with Crippen molar-refractivity contribution in [1.29, 1.82) is 0 Å². The molecule has 0 bridgehead atoms. The van der Waals surface area contributed by atoms with Crippen LogP contribution in [0.1, 0.15) is 19.8 Å². The van der Waals surface area contributed by atoms with Crippen LogP contribution >= 0.6 is 95.6 Å². The molecule has 20 heavy (non-hydrogen) atoms. The van der Waals surface area contributed by atoms with Crippen LogP contribution in [-0.2, 0) is 9.59 Å². The molecule has 10 heteroatoms. The summed E-state index contributed by atoms with van der Waals surface area (Å²) >= 11 is 18.9. The van der Waals surface area contributed by atoms with Crippen LogP contribution < -0.4 is 10.6 Å². The molecular weight excluding hydrogens is 660 g/mol. The zero-order valence-corrected chi connectivity index (χ0v) is 20.0. The minimum atomic E-state index is -0.911. The topological polar surface area (TPSA) is 58.2 Å². The quantitative estimate of drug-likeness (QED) is 0.327. The van der Waals surface area contributed by atoms with Crippen LogP contribution in [0.4, 0.5) is 0 Å². The fourth-order valence-corrected chi connectivity index (χ4v) is 2.06. The highest BCUT2D eigenvalue weighted by molar-refractivity contribution is 9.40. The highest BCUT2D eigenvalue weighted by Gasteiger charge is 2.29. The van der Waals surface area contributed by atoms with Crippen LogP contribution in [0.15, 0.2) is 0 Å². The van der Waals surface area contributed by atoms with Crippen molar-refractivity contribution in [3.8, 4) is 0 Å². The molecule has 0 spiro atoms. The van der Waals surface area contributed by atoms with Gasteiger partial charge in [-0.05, 0) is 114 Å². The van der Waals surface area contributed by atoms with E-state index in [0.29, 0.717) is 19.0 Å². The van der Waals surface area contributed by atoms with Gasteiger partial charge in [0.15, 0.2) is 0 Å². The maximum atomic E-state index is 11.6. The van der Waals surface area contributed by atoms with Crippen molar-refractivity contribution in [2.24, 2.45) is 5.92 Å². The van der Waals surface area contributed by atoms with Crippen molar-refractivity contribution in [3.63, 3.8) is 0 Å². The molecule has 0 rings (SSSR count). The molecule has 0 aromatic heterocycles. The standard InChI is InChI=1S/C10H14Br6N2O2/c1-6(5-18-8(20)10(14,15)16)3-2-4-17-7(19)9(11,12)13/h6H,2-5H2,1H3,(H,17,19)(H,18,20). The molecule has 0 saturated carbocycles. The second kappa shape index (κ2) is 9.85. The van der Waals surface area contributed by atoms with E-state index in [-0.39, 0.29) is 11.8 Å². The van der Waals surface area contributed by atoms with Gasteiger partial charge in [-0.1, -0.05) is 6.92 Å². The molecule has 0 saturated heterocycles. The Labute approximate surface area is 169 Å². The van der Waals surface area contributed by atoms with Crippen LogP contribution in [0.2, 0.25) is 0 Å². The molecule has 0 aliphatic rings. The first-order valence-electron chi connectivity index (χ1n) is 5.64. The summed E-state index contributed by atoms with van der Waals surface area (Å²) in [4.78, 5) is 23.1. The summed E-state index contributed by atoms with van der Waals surface area (Å²) in [6, 6.07) is 0. The lowest BCUT2D eigenvalue weighted by atomic mass is 10.1. The number of nitrogens with one attached hydrogen (secondary N) is 2. The second-order valence-electron chi connectivity index (χ2n) is 4.21. The van der Waals surface area contributed by atoms with E-state index in [2.05, 4.69) is 106 Å². The summed E-state index contributed by atoms with van der Waals surface area (Å²) in [7, 11) is 0. The third kappa shape index (κ3) is 10.5. The van der Waals surface area contributed by atoms with Crippen molar-refractivity contribution in [2.75, 3.05) is 13.1 Å². The van der Waals surface area contributed by atoms with E-state index in [9.17, 15) is 9.59 Å². The van der Waals surface area contributed by atoms with Gasteiger partial charge >= 0.3 is 0 Å². The molecule has 0 aromatic carbocycles. The zero-order valence-electron chi connectivity index (χ0n) is 10.5. The van der Waals surface area contributed by atoms with E-state index in [1.807, 2.05) is 6.92 Å². The number of carbonyl (C=O) groups is 2. The molecule has 4 nitrogen and oxygen atoms in total. The van der Waals surface area contributed by atoms with Crippen LogP contribution in [0.3, 0.4) is 0 Å². The normalized spacial score (nSPS) is 13.8. The first-order chi connectivity index (χ1) is 8.94. The van der Waals surface area contributed by atoms with Gasteiger partial charge in [0.2, 0.25) is 4.29 Å². The average Bonchev–Trinajstić information content (AvgIpc) is 2.28. The lowest BCUT2D eigenvalue weighted by Crippen LogP contribution is -2.36. The van der Waals surface area contributed by atoms with E-state index < -0.39 is 4.29 Å². The average molecular weight is 674 g/mol. The minimum Gasteiger partial charge on any atom is -0.353 e. The number of alkyl halides is 6. The van der Waals surface area contributed by atoms with Crippen molar-refractivity contribution in [1.82, 2.24) is 10.6 Å². The van der Waals surface area contributed by atoms with E-state index >= 15 is 0 Å². The second-order valence-corrected chi connectivity index (χ2v) is 17.7. The number of hydrogen-bond acceptors (Lipinski definition) is 2. The van der Waals surface area contributed by atoms with Gasteiger partial charge in [-0.2, -0.15) is 0 Å². The number of amides is 2. The Morgan fingerprint density at radius 2 is 1.40 bits per heavy atom. The van der Waals surface area contributed by atoms with Crippen molar-refractivity contribution < 1.29 is 9.59 Å². The predicted octanol–water partition coefficient (Wildman–Crippen LogP) is 4.31. The summed E-state index contributed by atoms with van der Waals surface area (Å²) < 4.78 is -1.82. The van der Waals surface area contributed by atoms with Gasteiger partial charge in [-0.15, -0.1) is 0 Å². The Kier molecular flexibility index (Phi) is 10.7. The van der Waals surface area contributed by atoms with Crippen LogP contribution in [0.25, 0.3) is 0 Å². The molecule has 0 aliphatic heterocycles. The highest BCUT2D eigenvalue weighted by atomic mass is 80.0. The van der Waals surface area contributed by atoms with Gasteiger partial charge in [-0.25, -0.2) is 0 Å². The molecule has 1 unspecified atom stereocenters. The van der Waals surface area contributed by atoms with Gasteiger partial charge in [0.25, 0.3) is 11.8 Å². The van der Waals surface area contributed by atoms with E-state index in [0.717, 1.165) is 12.8 Å². The number of halogens is 6. The fourth-order valence-electron chi connectivity index (χ4n) is 1.22. The smallest absolute Gasteiger partial charge is 0.258 e. The number of hydrogen-bond donors (Lipinski definition) is 2. The molecule has 0 aromatic rings. The Balaban J connectivity index is 3.78. The molecule has 118 valence electrons. The van der Waals surface area contributed by atoms with Crippen molar-refractivity contribution in [3.05, 3.63) is 0 Å². The number of rotatable bonds is 6. The van der Waals surface area contributed by atoms with Crippen molar-refractivity contribution in [2.45, 2.75) is 24.1 Å². The van der Waals surface area contributed by atoms with Gasteiger partial charge in [-0.3, -0.25) is 9.59 Å². The molecule has 0 heterocycles. The third-order valence-electron chi connectivity index (χ3n) is 2.29. The Bertz CT molecular complexity index is 340. The van der Waals surface area contributed by atoms with E-state index in [1.165, 1.54) is 0 Å². The molecule has 2 N–H and O–H groups in total. The van der Waals surface area contributed by atoms with Gasteiger partial charge in [0.05, 0.1) is 0 Å². The maximum Gasteiger partial charge on any atom is 0.258 e. The van der Waals surface area contributed by atoms with Crippen LogP contribution in [0, 0.1) is 5.92 Å². The number of carbonyl (C=O) groups excluding carboxylic acids is 2. The largest absolute Gasteiger partial charge is 0.353 e. The zero-order chi connectivity index (χ0) is 16.0. The minimum absolute atomic E-state index is 0.180. The van der Waals surface area contributed by atoms with Crippen LogP contribution in [0.5, 0.6) is 0 Å². The molecule has 1 atom stereocenters. The Hall–Kier alpha value is 1.82. The van der Waals surface area contributed by atoms with E-state index in [4.69, 9.17) is 0 Å². The fraction of sp³-hybridized carbons (Fsp3) is 0.800. The first kappa shape index (κ1) is 21.8. The summed E-state index contributed by atoms with van der Waals surface area (Å²) in [5, 5.41) is 5.58. The van der Waals surface area contributed by atoms with Gasteiger partial charge in [0.1, 0.15) is 0 Å². The molecule has 0 radical (unpaired) electrons. The van der Waals surface area contributed by atoms with Crippen LogP contribution in [-0.4, -0.2) is 29.2 Å². The summed E-state index contributed by atoms with van der Waals surface area (Å²) in [6.45, 7) is 3.21. The van der Waals surface area contributed by atoms with E-state index in [1.54, 1.807) is 0 Å².